The highest BCUT2D eigenvalue weighted by atomic mass is 19.4. The molecule has 1 nitrogen and oxygen atoms in total. The maximum atomic E-state index is 11.7. The quantitative estimate of drug-likeness (QED) is 0.520. The van der Waals surface area contributed by atoms with Crippen LogP contribution in [-0.2, 0) is 0 Å². The molecule has 1 aliphatic carbocycles. The molecule has 0 amide bonds. The van der Waals surface area contributed by atoms with Gasteiger partial charge in [0.2, 0.25) is 0 Å². The molecule has 1 aliphatic heterocycles. The number of hydrogen-bond acceptors (Lipinski definition) is 1. The highest BCUT2D eigenvalue weighted by Gasteiger charge is 2.68. The third-order valence-corrected chi connectivity index (χ3v) is 2.14. The predicted molar refractivity (Wildman–Crippen MR) is 24.8 cm³/mol. The summed E-state index contributed by atoms with van der Waals surface area (Å²) in [6.45, 7) is 0.564. The molecule has 52 valence electrons. The van der Waals surface area contributed by atoms with Gasteiger partial charge >= 0.3 is 6.18 Å². The normalized spacial score (nSPS) is 47.7. The van der Waals surface area contributed by atoms with Crippen LogP contribution in [-0.4, -0.2) is 18.8 Å². The molecule has 3 atom stereocenters. The van der Waals surface area contributed by atoms with Gasteiger partial charge in [0.1, 0.15) is 0 Å². The average molecular weight is 137 g/mol. The third-order valence-electron chi connectivity index (χ3n) is 2.14. The van der Waals surface area contributed by atoms with E-state index in [1.54, 1.807) is 0 Å². The molecule has 4 heteroatoms. The first kappa shape index (κ1) is 5.53. The lowest BCUT2D eigenvalue weighted by atomic mass is 10.3. The van der Waals surface area contributed by atoms with Gasteiger partial charge < -0.3 is 5.32 Å². The van der Waals surface area contributed by atoms with Gasteiger partial charge in [-0.25, -0.2) is 0 Å². The van der Waals surface area contributed by atoms with Gasteiger partial charge in [0, 0.05) is 18.5 Å². The average Bonchev–Trinajstić information content (AvgIpc) is 2.04. The van der Waals surface area contributed by atoms with Gasteiger partial charge in [-0.3, -0.25) is 0 Å². The summed E-state index contributed by atoms with van der Waals surface area (Å²) in [5.41, 5.74) is 0. The van der Waals surface area contributed by atoms with Gasteiger partial charge in [-0.15, -0.1) is 0 Å². The van der Waals surface area contributed by atoms with E-state index in [-0.39, 0.29) is 12.0 Å². The largest absolute Gasteiger partial charge is 0.393 e. The number of alkyl halides is 3. The van der Waals surface area contributed by atoms with Crippen molar-refractivity contribution in [1.29, 1.82) is 0 Å². The Bertz CT molecular complexity index is 132. The fourth-order valence-corrected chi connectivity index (χ4v) is 1.46. The molecule has 0 aromatic carbocycles. The van der Waals surface area contributed by atoms with Crippen LogP contribution in [0.2, 0.25) is 0 Å². The fraction of sp³-hybridized carbons (Fsp3) is 1.00. The van der Waals surface area contributed by atoms with E-state index in [9.17, 15) is 13.2 Å². The van der Waals surface area contributed by atoms with Gasteiger partial charge in [-0.05, 0) is 0 Å². The SMILES string of the molecule is FC(F)(F)[C@@H]1[C@@H]2CN[C@@H]21. The molecule has 1 saturated carbocycles. The van der Waals surface area contributed by atoms with Crippen molar-refractivity contribution in [3.63, 3.8) is 0 Å². The first-order chi connectivity index (χ1) is 4.11. The monoisotopic (exact) mass is 137 g/mol. The highest BCUT2D eigenvalue weighted by Crippen LogP contribution is 2.54. The topological polar surface area (TPSA) is 12.0 Å². The van der Waals surface area contributed by atoms with Crippen molar-refractivity contribution in [2.24, 2.45) is 11.8 Å². The van der Waals surface area contributed by atoms with Crippen LogP contribution in [0.5, 0.6) is 0 Å². The Labute approximate surface area is 50.2 Å². The molecule has 0 unspecified atom stereocenters. The van der Waals surface area contributed by atoms with E-state index in [1.165, 1.54) is 0 Å². The van der Waals surface area contributed by atoms with Crippen LogP contribution in [0.15, 0.2) is 0 Å². The van der Waals surface area contributed by atoms with Crippen molar-refractivity contribution in [3.05, 3.63) is 0 Å². The minimum atomic E-state index is -3.95. The molecule has 2 rings (SSSR count). The number of hydrogen-bond donors (Lipinski definition) is 1. The zero-order valence-electron chi connectivity index (χ0n) is 4.57. The first-order valence-corrected chi connectivity index (χ1v) is 2.91. The molecule has 2 aliphatic rings. The fourth-order valence-electron chi connectivity index (χ4n) is 1.46. The molecule has 1 saturated heterocycles. The van der Waals surface area contributed by atoms with Crippen molar-refractivity contribution in [1.82, 2.24) is 5.32 Å². The van der Waals surface area contributed by atoms with Gasteiger partial charge in [-0.1, -0.05) is 0 Å². The van der Waals surface area contributed by atoms with E-state index in [0.717, 1.165) is 0 Å². The van der Waals surface area contributed by atoms with Crippen molar-refractivity contribution in [2.75, 3.05) is 6.54 Å². The Hall–Kier alpha value is -0.250. The molecule has 0 spiro atoms. The Morgan fingerprint density at radius 3 is 2.00 bits per heavy atom. The summed E-state index contributed by atoms with van der Waals surface area (Å²) in [5, 5.41) is 2.72. The maximum Gasteiger partial charge on any atom is 0.393 e. The third kappa shape index (κ3) is 0.595. The smallest absolute Gasteiger partial charge is 0.313 e. The van der Waals surface area contributed by atoms with Crippen LogP contribution in [0.3, 0.4) is 0 Å². The van der Waals surface area contributed by atoms with Crippen LogP contribution in [0.1, 0.15) is 0 Å². The molecular formula is C5H6F3N. The van der Waals surface area contributed by atoms with E-state index < -0.39 is 12.1 Å². The second kappa shape index (κ2) is 1.26. The Morgan fingerprint density at radius 2 is 1.89 bits per heavy atom. The molecule has 2 fully saturated rings. The summed E-state index contributed by atoms with van der Waals surface area (Å²) in [4.78, 5) is 0. The summed E-state index contributed by atoms with van der Waals surface area (Å²) in [7, 11) is 0. The molecule has 9 heavy (non-hydrogen) atoms. The van der Waals surface area contributed by atoms with E-state index in [2.05, 4.69) is 5.32 Å². The van der Waals surface area contributed by atoms with Crippen LogP contribution in [0, 0.1) is 11.8 Å². The summed E-state index contributed by atoms with van der Waals surface area (Å²) in [5.74, 6) is -1.09. The highest BCUT2D eigenvalue weighted by molar-refractivity contribution is 5.14. The molecule has 0 aromatic rings. The standard InChI is InChI=1S/C5H6F3N/c6-5(7,8)3-2-1-9-4(2)3/h2-4,9H,1H2/t2-,3+,4-/m0/s1. The zero-order valence-corrected chi connectivity index (χ0v) is 4.57. The lowest BCUT2D eigenvalue weighted by Gasteiger charge is -2.08. The maximum absolute atomic E-state index is 11.7. The van der Waals surface area contributed by atoms with Crippen LogP contribution < -0.4 is 5.32 Å². The summed E-state index contributed by atoms with van der Waals surface area (Å²) >= 11 is 0. The van der Waals surface area contributed by atoms with E-state index in [1.807, 2.05) is 0 Å². The minimum Gasteiger partial charge on any atom is -0.313 e. The van der Waals surface area contributed by atoms with E-state index in [0.29, 0.717) is 6.54 Å². The number of rotatable bonds is 0. The van der Waals surface area contributed by atoms with E-state index >= 15 is 0 Å². The van der Waals surface area contributed by atoms with Crippen molar-refractivity contribution < 1.29 is 13.2 Å². The van der Waals surface area contributed by atoms with Crippen molar-refractivity contribution >= 4 is 0 Å². The summed E-state index contributed by atoms with van der Waals surface area (Å²) < 4.78 is 35.2. The number of fused-ring (bicyclic) bond motifs is 1. The Balaban J connectivity index is 2.02. The van der Waals surface area contributed by atoms with Gasteiger partial charge in [0.05, 0.1) is 5.92 Å². The molecule has 0 radical (unpaired) electrons. The minimum absolute atomic E-state index is 0.0787. The van der Waals surface area contributed by atoms with Gasteiger partial charge in [0.15, 0.2) is 0 Å². The summed E-state index contributed by atoms with van der Waals surface area (Å²) in [6, 6.07) is -0.218. The summed E-state index contributed by atoms with van der Waals surface area (Å²) in [6.07, 6.45) is -3.95. The number of nitrogens with one attached hydrogen (secondary N) is 1. The molecular weight excluding hydrogens is 131 g/mol. The lowest BCUT2D eigenvalue weighted by molar-refractivity contribution is -0.149. The molecule has 1 heterocycles. The lowest BCUT2D eigenvalue weighted by Crippen LogP contribution is -2.32. The first-order valence-electron chi connectivity index (χ1n) is 2.91. The Morgan fingerprint density at radius 1 is 1.33 bits per heavy atom. The van der Waals surface area contributed by atoms with Crippen molar-refractivity contribution in [3.8, 4) is 0 Å². The van der Waals surface area contributed by atoms with Gasteiger partial charge in [0.25, 0.3) is 0 Å². The zero-order chi connectivity index (χ0) is 6.65. The second-order valence-corrected chi connectivity index (χ2v) is 2.67. The molecule has 1 N–H and O–H groups in total. The van der Waals surface area contributed by atoms with Crippen LogP contribution in [0.4, 0.5) is 13.2 Å². The molecule has 0 bridgehead atoms. The number of halogens is 3. The van der Waals surface area contributed by atoms with Gasteiger partial charge in [-0.2, -0.15) is 13.2 Å². The Kier molecular flexibility index (Phi) is 0.773. The molecule has 0 aromatic heterocycles. The van der Waals surface area contributed by atoms with Crippen LogP contribution in [0.25, 0.3) is 0 Å². The van der Waals surface area contributed by atoms with Crippen molar-refractivity contribution in [2.45, 2.75) is 12.2 Å². The van der Waals surface area contributed by atoms with E-state index in [4.69, 9.17) is 0 Å². The predicted octanol–water partition coefficient (Wildman–Crippen LogP) is 0.766. The second-order valence-electron chi connectivity index (χ2n) is 2.67. The van der Waals surface area contributed by atoms with Crippen LogP contribution >= 0.6 is 0 Å².